The van der Waals surface area contributed by atoms with Crippen molar-refractivity contribution in [1.29, 1.82) is 0 Å². The molecule has 15 nitrogen and oxygen atoms in total. The fraction of sp³-hybridized carbons (Fsp3) is 0.552. The average molecular weight is 621 g/mol. The molecule has 0 unspecified atom stereocenters. The lowest BCUT2D eigenvalue weighted by atomic mass is 9.99. The average Bonchev–Trinajstić information content (AvgIpc) is 2.92. The van der Waals surface area contributed by atoms with Crippen molar-refractivity contribution in [2.24, 2.45) is 23.3 Å². The van der Waals surface area contributed by atoms with Crippen LogP contribution in [0.2, 0.25) is 0 Å². The van der Waals surface area contributed by atoms with E-state index in [1.54, 1.807) is 58.0 Å². The number of amides is 5. The minimum atomic E-state index is -1.48. The van der Waals surface area contributed by atoms with Gasteiger partial charge in [-0.3, -0.25) is 28.8 Å². The highest BCUT2D eigenvalue weighted by Crippen LogP contribution is 2.10. The fourth-order valence-electron chi connectivity index (χ4n) is 4.19. The smallest absolute Gasteiger partial charge is 0.326 e. The monoisotopic (exact) mass is 620 g/mol. The van der Waals surface area contributed by atoms with Gasteiger partial charge in [0.15, 0.2) is 0 Å². The first kappa shape index (κ1) is 37.5. The highest BCUT2D eigenvalue weighted by Gasteiger charge is 2.33. The molecule has 0 fully saturated rings. The van der Waals surface area contributed by atoms with Gasteiger partial charge >= 0.3 is 11.9 Å². The summed E-state index contributed by atoms with van der Waals surface area (Å²) < 4.78 is 0. The Labute approximate surface area is 255 Å². The second kappa shape index (κ2) is 18.2. The van der Waals surface area contributed by atoms with E-state index in [1.165, 1.54) is 0 Å². The number of nitrogens with two attached hydrogens (primary N) is 2. The molecule has 0 aliphatic heterocycles. The normalized spacial score (nSPS) is 14.4. The maximum atomic E-state index is 13.5. The highest BCUT2D eigenvalue weighted by molar-refractivity contribution is 5.96. The Kier molecular flexibility index (Phi) is 15.5. The van der Waals surface area contributed by atoms with Crippen LogP contribution in [0, 0.1) is 11.8 Å². The molecule has 0 bridgehead atoms. The molecule has 15 heteroatoms. The first-order valence-electron chi connectivity index (χ1n) is 14.3. The van der Waals surface area contributed by atoms with Crippen molar-refractivity contribution in [3.63, 3.8) is 0 Å². The number of primary amides is 1. The second-order valence-corrected chi connectivity index (χ2v) is 11.3. The van der Waals surface area contributed by atoms with Crippen molar-refractivity contribution in [1.82, 2.24) is 21.3 Å². The summed E-state index contributed by atoms with van der Waals surface area (Å²) in [5.74, 6) is -7.23. The summed E-state index contributed by atoms with van der Waals surface area (Å²) in [6.45, 7) is 6.86. The molecule has 5 atom stereocenters. The Morgan fingerprint density at radius 1 is 0.750 bits per heavy atom. The van der Waals surface area contributed by atoms with Crippen molar-refractivity contribution in [2.45, 2.75) is 90.0 Å². The third-order valence-corrected chi connectivity index (χ3v) is 6.53. The molecular weight excluding hydrogens is 576 g/mol. The molecule has 1 aromatic rings. The Morgan fingerprint density at radius 2 is 1.30 bits per heavy atom. The topological polar surface area (TPSA) is 260 Å². The van der Waals surface area contributed by atoms with Gasteiger partial charge in [-0.15, -0.1) is 0 Å². The lowest BCUT2D eigenvalue weighted by Gasteiger charge is -2.28. The quantitative estimate of drug-likeness (QED) is 0.0937. The lowest BCUT2D eigenvalue weighted by molar-refractivity contribution is -0.143. The highest BCUT2D eigenvalue weighted by atomic mass is 16.4. The molecular formula is C29H44N6O9. The van der Waals surface area contributed by atoms with Gasteiger partial charge in [0.1, 0.15) is 24.2 Å². The van der Waals surface area contributed by atoms with Gasteiger partial charge in [0.2, 0.25) is 29.5 Å². The summed E-state index contributed by atoms with van der Waals surface area (Å²) >= 11 is 0. The van der Waals surface area contributed by atoms with E-state index in [-0.39, 0.29) is 31.6 Å². The molecule has 0 saturated carbocycles. The Morgan fingerprint density at radius 3 is 1.80 bits per heavy atom. The Hall–Kier alpha value is -4.53. The van der Waals surface area contributed by atoms with Crippen LogP contribution in [-0.2, 0) is 40.0 Å². The van der Waals surface area contributed by atoms with E-state index in [2.05, 4.69) is 21.3 Å². The van der Waals surface area contributed by atoms with Crippen molar-refractivity contribution in [2.75, 3.05) is 0 Å². The Balaban J connectivity index is 3.21. The van der Waals surface area contributed by atoms with Gasteiger partial charge in [-0.05, 0) is 30.2 Å². The van der Waals surface area contributed by atoms with Gasteiger partial charge in [0, 0.05) is 12.8 Å². The number of hydrogen-bond acceptors (Lipinski definition) is 8. The van der Waals surface area contributed by atoms with Crippen LogP contribution in [0.5, 0.6) is 0 Å². The van der Waals surface area contributed by atoms with Gasteiger partial charge in [0.05, 0.1) is 12.5 Å². The number of carbonyl (C=O) groups is 7. The number of carbonyl (C=O) groups excluding carboxylic acids is 5. The van der Waals surface area contributed by atoms with Crippen molar-refractivity contribution >= 4 is 41.5 Å². The summed E-state index contributed by atoms with van der Waals surface area (Å²) in [6.07, 6.45) is -1.11. The third kappa shape index (κ3) is 13.6. The van der Waals surface area contributed by atoms with Gasteiger partial charge in [-0.25, -0.2) is 4.79 Å². The molecule has 44 heavy (non-hydrogen) atoms. The predicted molar refractivity (Wildman–Crippen MR) is 158 cm³/mol. The van der Waals surface area contributed by atoms with Crippen LogP contribution in [0.4, 0.5) is 0 Å². The number of carboxylic acid groups (broad SMARTS) is 2. The molecule has 0 aromatic heterocycles. The second-order valence-electron chi connectivity index (χ2n) is 11.3. The van der Waals surface area contributed by atoms with Crippen LogP contribution >= 0.6 is 0 Å². The minimum absolute atomic E-state index is 0.0178. The molecule has 0 aliphatic rings. The lowest BCUT2D eigenvalue weighted by Crippen LogP contribution is -2.60. The first-order chi connectivity index (χ1) is 20.5. The largest absolute Gasteiger partial charge is 0.481 e. The predicted octanol–water partition coefficient (Wildman–Crippen LogP) is -0.977. The fourth-order valence-corrected chi connectivity index (χ4v) is 4.19. The molecule has 5 amide bonds. The third-order valence-electron chi connectivity index (χ3n) is 6.53. The van der Waals surface area contributed by atoms with E-state index in [9.17, 15) is 38.7 Å². The zero-order chi connectivity index (χ0) is 33.6. The standard InChI is InChI=1S/C29H44N6O9/c1-15(2)12-21(29(43)44)34-27(41)20(13-17-8-6-5-7-9-17)33-28(42)24(16(3)4)35-26(40)19(10-11-22(31)36)32-25(39)18(30)14-23(37)38/h5-9,15-16,18-21,24H,10-14,30H2,1-4H3,(H2,31,36)(H,32,39)(H,33,42)(H,34,41)(H,35,40)(H,37,38)(H,43,44)/t18-,19-,20-,21-,24-/m0/s1. The minimum Gasteiger partial charge on any atom is -0.481 e. The molecule has 0 aliphatic carbocycles. The van der Waals surface area contributed by atoms with Gasteiger partial charge in [-0.2, -0.15) is 0 Å². The van der Waals surface area contributed by atoms with E-state index in [0.717, 1.165) is 0 Å². The SMILES string of the molecule is CC(C)C[C@H](NC(=O)[C@H](Cc1ccccc1)NC(=O)[C@@H](NC(=O)[C@H](CCC(N)=O)NC(=O)[C@@H](N)CC(=O)O)C(C)C)C(=O)O. The zero-order valence-corrected chi connectivity index (χ0v) is 25.4. The number of hydrogen-bond donors (Lipinski definition) is 8. The van der Waals surface area contributed by atoms with Crippen LogP contribution < -0.4 is 32.7 Å². The molecule has 1 rings (SSSR count). The number of nitrogens with one attached hydrogen (secondary N) is 4. The molecule has 244 valence electrons. The maximum Gasteiger partial charge on any atom is 0.326 e. The Bertz CT molecular complexity index is 1180. The summed E-state index contributed by atoms with van der Waals surface area (Å²) in [5.41, 5.74) is 11.5. The molecule has 0 saturated heterocycles. The zero-order valence-electron chi connectivity index (χ0n) is 25.4. The first-order valence-corrected chi connectivity index (χ1v) is 14.3. The van der Waals surface area contributed by atoms with Crippen LogP contribution in [0.15, 0.2) is 30.3 Å². The summed E-state index contributed by atoms with van der Waals surface area (Å²) in [6, 6.07) is 2.21. The number of rotatable bonds is 19. The van der Waals surface area contributed by atoms with Crippen molar-refractivity contribution < 1.29 is 43.8 Å². The number of carboxylic acids is 2. The van der Waals surface area contributed by atoms with Gasteiger partial charge in [0.25, 0.3) is 0 Å². The summed E-state index contributed by atoms with van der Waals surface area (Å²) in [5, 5.41) is 28.4. The maximum absolute atomic E-state index is 13.5. The van der Waals surface area contributed by atoms with Crippen LogP contribution in [0.25, 0.3) is 0 Å². The van der Waals surface area contributed by atoms with Crippen LogP contribution in [0.1, 0.15) is 58.9 Å². The van der Waals surface area contributed by atoms with E-state index < -0.39 is 84.0 Å². The van der Waals surface area contributed by atoms with Crippen molar-refractivity contribution in [3.8, 4) is 0 Å². The van der Waals surface area contributed by atoms with E-state index in [1.807, 2.05) is 0 Å². The molecule has 1 aromatic carbocycles. The number of aliphatic carboxylic acids is 2. The van der Waals surface area contributed by atoms with E-state index in [0.29, 0.717) is 5.56 Å². The molecule has 0 spiro atoms. The van der Waals surface area contributed by atoms with Crippen LogP contribution in [0.3, 0.4) is 0 Å². The summed E-state index contributed by atoms with van der Waals surface area (Å²) in [4.78, 5) is 86.5. The van der Waals surface area contributed by atoms with Gasteiger partial charge < -0.3 is 42.9 Å². The van der Waals surface area contributed by atoms with E-state index >= 15 is 0 Å². The number of benzene rings is 1. The molecule has 10 N–H and O–H groups in total. The van der Waals surface area contributed by atoms with Crippen molar-refractivity contribution in [3.05, 3.63) is 35.9 Å². The van der Waals surface area contributed by atoms with Gasteiger partial charge in [-0.1, -0.05) is 58.0 Å². The van der Waals surface area contributed by atoms with E-state index in [4.69, 9.17) is 16.6 Å². The molecule has 0 radical (unpaired) electrons. The summed E-state index contributed by atoms with van der Waals surface area (Å²) in [7, 11) is 0. The molecule has 0 heterocycles. The van der Waals surface area contributed by atoms with Crippen LogP contribution in [-0.4, -0.2) is 81.9 Å².